The van der Waals surface area contributed by atoms with Crippen molar-refractivity contribution >= 4 is 27.3 Å². The van der Waals surface area contributed by atoms with Crippen molar-refractivity contribution in [2.75, 3.05) is 5.32 Å². The molecule has 0 bridgehead atoms. The number of fused-ring (bicyclic) bond motifs is 3. The van der Waals surface area contributed by atoms with Gasteiger partial charge in [-0.1, -0.05) is 40.2 Å². The maximum absolute atomic E-state index is 14.5. The molecule has 2 aliphatic rings. The SMILES string of the molecule is O=[N+]([O-])c1cccc([C@H]2Nc3c(F)cc(Br)cc3[C@@H]3C=CC[C@@H]23)c1. The smallest absolute Gasteiger partial charge is 0.269 e. The van der Waals surface area contributed by atoms with E-state index in [1.807, 2.05) is 12.1 Å². The number of halogens is 2. The van der Waals surface area contributed by atoms with E-state index in [2.05, 4.69) is 33.4 Å². The van der Waals surface area contributed by atoms with Crippen LogP contribution in [0.4, 0.5) is 15.8 Å². The van der Waals surface area contributed by atoms with Gasteiger partial charge in [-0.2, -0.15) is 0 Å². The van der Waals surface area contributed by atoms with Gasteiger partial charge in [-0.05, 0) is 35.6 Å². The molecule has 2 aromatic rings. The molecule has 1 N–H and O–H groups in total. The zero-order chi connectivity index (χ0) is 16.8. The Hall–Kier alpha value is -2.21. The largest absolute Gasteiger partial charge is 0.375 e. The maximum atomic E-state index is 14.5. The zero-order valence-electron chi connectivity index (χ0n) is 12.6. The van der Waals surface area contributed by atoms with E-state index in [1.54, 1.807) is 12.1 Å². The predicted molar refractivity (Wildman–Crippen MR) is 93.5 cm³/mol. The molecule has 4 nitrogen and oxygen atoms in total. The van der Waals surface area contributed by atoms with Crippen LogP contribution in [-0.2, 0) is 0 Å². The minimum atomic E-state index is -0.400. The molecule has 1 aliphatic carbocycles. The third-order valence-corrected chi connectivity index (χ3v) is 5.28. The number of allylic oxidation sites excluding steroid dienone is 2. The second kappa shape index (κ2) is 5.70. The van der Waals surface area contributed by atoms with Gasteiger partial charge in [0, 0.05) is 22.5 Å². The number of nitrogens with zero attached hydrogens (tertiary/aromatic N) is 1. The molecule has 122 valence electrons. The van der Waals surface area contributed by atoms with Gasteiger partial charge in [0.2, 0.25) is 0 Å². The summed E-state index contributed by atoms with van der Waals surface area (Å²) in [6, 6.07) is 9.82. The Labute approximate surface area is 146 Å². The van der Waals surface area contributed by atoms with Crippen LogP contribution in [0, 0.1) is 21.8 Å². The Bertz CT molecular complexity index is 868. The third-order valence-electron chi connectivity index (χ3n) is 4.83. The van der Waals surface area contributed by atoms with Crippen LogP contribution in [0.3, 0.4) is 0 Å². The average molecular weight is 389 g/mol. The maximum Gasteiger partial charge on any atom is 0.269 e. The molecule has 6 heteroatoms. The van der Waals surface area contributed by atoms with Crippen molar-refractivity contribution in [1.29, 1.82) is 0 Å². The first kappa shape index (κ1) is 15.3. The molecular formula is C18H14BrFN2O2. The first-order valence-electron chi connectivity index (χ1n) is 7.71. The number of rotatable bonds is 2. The second-order valence-electron chi connectivity index (χ2n) is 6.18. The van der Waals surface area contributed by atoms with Crippen molar-refractivity contribution < 1.29 is 9.31 Å². The van der Waals surface area contributed by atoms with Gasteiger partial charge in [-0.3, -0.25) is 10.1 Å². The lowest BCUT2D eigenvalue weighted by molar-refractivity contribution is -0.384. The summed E-state index contributed by atoms with van der Waals surface area (Å²) in [5.41, 5.74) is 2.29. The fourth-order valence-electron chi connectivity index (χ4n) is 3.78. The average Bonchev–Trinajstić information content (AvgIpc) is 3.04. The Morgan fingerprint density at radius 3 is 2.92 bits per heavy atom. The third kappa shape index (κ3) is 2.41. The van der Waals surface area contributed by atoms with Crippen molar-refractivity contribution in [3.63, 3.8) is 0 Å². The number of hydrogen-bond acceptors (Lipinski definition) is 3. The summed E-state index contributed by atoms with van der Waals surface area (Å²) < 4.78 is 15.2. The number of nitrogens with one attached hydrogen (secondary N) is 1. The Balaban J connectivity index is 1.81. The van der Waals surface area contributed by atoms with E-state index >= 15 is 0 Å². The van der Waals surface area contributed by atoms with Crippen molar-refractivity contribution in [2.45, 2.75) is 18.4 Å². The van der Waals surface area contributed by atoms with Crippen LogP contribution in [0.15, 0.2) is 53.0 Å². The highest BCUT2D eigenvalue weighted by Crippen LogP contribution is 2.51. The van der Waals surface area contributed by atoms with Crippen LogP contribution in [-0.4, -0.2) is 4.92 Å². The fourth-order valence-corrected chi connectivity index (χ4v) is 4.23. The topological polar surface area (TPSA) is 55.2 Å². The van der Waals surface area contributed by atoms with E-state index in [0.717, 1.165) is 17.5 Å². The van der Waals surface area contributed by atoms with E-state index in [4.69, 9.17) is 0 Å². The Morgan fingerprint density at radius 1 is 1.29 bits per heavy atom. The Kier molecular flexibility index (Phi) is 3.64. The zero-order valence-corrected chi connectivity index (χ0v) is 14.2. The van der Waals surface area contributed by atoms with Crippen molar-refractivity contribution in [1.82, 2.24) is 0 Å². The van der Waals surface area contributed by atoms with E-state index in [0.29, 0.717) is 10.2 Å². The molecule has 2 aromatic carbocycles. The summed E-state index contributed by atoms with van der Waals surface area (Å²) >= 11 is 3.36. The van der Waals surface area contributed by atoms with Gasteiger partial charge < -0.3 is 5.32 Å². The van der Waals surface area contributed by atoms with Crippen LogP contribution in [0.2, 0.25) is 0 Å². The molecule has 0 spiro atoms. The number of benzene rings is 2. The number of nitro benzene ring substituents is 1. The summed E-state index contributed by atoms with van der Waals surface area (Å²) in [4.78, 5) is 10.7. The van der Waals surface area contributed by atoms with Crippen LogP contribution in [0.1, 0.15) is 29.5 Å². The second-order valence-corrected chi connectivity index (χ2v) is 7.10. The molecule has 0 unspecified atom stereocenters. The van der Waals surface area contributed by atoms with Gasteiger partial charge in [-0.25, -0.2) is 4.39 Å². The number of non-ortho nitro benzene ring substituents is 1. The van der Waals surface area contributed by atoms with Gasteiger partial charge in [0.15, 0.2) is 0 Å². The van der Waals surface area contributed by atoms with Gasteiger partial charge in [0.25, 0.3) is 5.69 Å². The normalized spacial score (nSPS) is 24.2. The molecule has 0 fully saturated rings. The molecule has 1 aliphatic heterocycles. The lowest BCUT2D eigenvalue weighted by Gasteiger charge is -2.37. The molecule has 0 saturated heterocycles. The minimum Gasteiger partial charge on any atom is -0.375 e. The number of anilines is 1. The lowest BCUT2D eigenvalue weighted by atomic mass is 9.77. The Morgan fingerprint density at radius 2 is 2.12 bits per heavy atom. The standard InChI is InChI=1S/C18H14BrFN2O2/c19-11-8-15-13-5-2-6-14(13)17(21-18(15)16(20)9-11)10-3-1-4-12(7-10)22(23)24/h1-5,7-9,13-14,17,21H,6H2/t13-,14-,17-/m1/s1. The molecule has 0 aromatic heterocycles. The van der Waals surface area contributed by atoms with Crippen LogP contribution >= 0.6 is 15.9 Å². The summed E-state index contributed by atoms with van der Waals surface area (Å²) in [6.07, 6.45) is 5.08. The van der Waals surface area contributed by atoms with Crippen LogP contribution < -0.4 is 5.32 Å². The molecule has 24 heavy (non-hydrogen) atoms. The van der Waals surface area contributed by atoms with Gasteiger partial charge in [-0.15, -0.1) is 0 Å². The minimum absolute atomic E-state index is 0.0545. The van der Waals surface area contributed by atoms with Crippen molar-refractivity contribution in [2.24, 2.45) is 5.92 Å². The van der Waals surface area contributed by atoms with Crippen molar-refractivity contribution in [3.8, 4) is 0 Å². The highest BCUT2D eigenvalue weighted by molar-refractivity contribution is 9.10. The molecule has 1 heterocycles. The predicted octanol–water partition coefficient (Wildman–Crippen LogP) is 5.32. The van der Waals surface area contributed by atoms with Crippen molar-refractivity contribution in [3.05, 3.63) is 80.1 Å². The molecule has 0 radical (unpaired) electrons. The molecule has 4 rings (SSSR count). The van der Waals surface area contributed by atoms with Crippen LogP contribution in [0.25, 0.3) is 0 Å². The van der Waals surface area contributed by atoms with Gasteiger partial charge >= 0.3 is 0 Å². The summed E-state index contributed by atoms with van der Waals surface area (Å²) in [6.45, 7) is 0. The molecule has 3 atom stereocenters. The summed E-state index contributed by atoms with van der Waals surface area (Å²) in [5.74, 6) is 0.0132. The summed E-state index contributed by atoms with van der Waals surface area (Å²) in [7, 11) is 0. The van der Waals surface area contributed by atoms with E-state index in [1.165, 1.54) is 12.1 Å². The quantitative estimate of drug-likeness (QED) is 0.430. The first-order chi connectivity index (χ1) is 11.5. The fraction of sp³-hybridized carbons (Fsp3) is 0.222. The van der Waals surface area contributed by atoms with Gasteiger partial charge in [0.05, 0.1) is 16.7 Å². The molecule has 0 amide bonds. The molecular weight excluding hydrogens is 375 g/mol. The monoisotopic (exact) mass is 388 g/mol. The number of hydrogen-bond donors (Lipinski definition) is 1. The van der Waals surface area contributed by atoms with E-state index in [9.17, 15) is 14.5 Å². The van der Waals surface area contributed by atoms with Gasteiger partial charge in [0.1, 0.15) is 5.82 Å². The summed E-state index contributed by atoms with van der Waals surface area (Å²) in [5, 5.41) is 14.3. The number of nitro groups is 1. The van der Waals surface area contributed by atoms with Crippen LogP contribution in [0.5, 0.6) is 0 Å². The first-order valence-corrected chi connectivity index (χ1v) is 8.50. The molecule has 0 saturated carbocycles. The highest BCUT2D eigenvalue weighted by atomic mass is 79.9. The highest BCUT2D eigenvalue weighted by Gasteiger charge is 2.39. The van der Waals surface area contributed by atoms with E-state index < -0.39 is 4.92 Å². The van der Waals surface area contributed by atoms with E-state index in [-0.39, 0.29) is 29.4 Å². The lowest BCUT2D eigenvalue weighted by Crippen LogP contribution is -2.29.